The molecule has 7 heavy (non-hydrogen) atoms. The van der Waals surface area contributed by atoms with Crippen LogP contribution in [0.25, 0.3) is 0 Å². The number of hydrogen-bond acceptors (Lipinski definition) is 1. The normalized spacial score (nSPS) is 28.1. The fourth-order valence-corrected chi connectivity index (χ4v) is 0.493. The van der Waals surface area contributed by atoms with Crippen molar-refractivity contribution in [2.24, 2.45) is 5.92 Å². The predicted molar refractivity (Wildman–Crippen MR) is 26.4 cm³/mol. The predicted octanol–water partition coefficient (Wildman–Crippen LogP) is 0.266. The molecule has 2 nitrogen and oxygen atoms in total. The highest BCUT2D eigenvalue weighted by molar-refractivity contribution is 5.83. The molecule has 38 valence electrons. The van der Waals surface area contributed by atoms with E-state index in [0.717, 1.165) is 0 Å². The molecule has 0 aliphatic carbocycles. The van der Waals surface area contributed by atoms with E-state index in [-0.39, 0.29) is 11.8 Å². The highest BCUT2D eigenvalue weighted by Gasteiger charge is 2.11. The molecule has 0 spiro atoms. The second kappa shape index (κ2) is 1.37. The summed E-state index contributed by atoms with van der Waals surface area (Å²) in [4.78, 5) is 10.4. The van der Waals surface area contributed by atoms with E-state index in [1.165, 1.54) is 0 Å². The minimum absolute atomic E-state index is 0.0833. The summed E-state index contributed by atoms with van der Waals surface area (Å²) in [6.45, 7) is 1.86. The summed E-state index contributed by atoms with van der Waals surface area (Å²) in [6.07, 6.45) is 3.51. The van der Waals surface area contributed by atoms with E-state index in [1.807, 2.05) is 13.0 Å². The lowest BCUT2D eigenvalue weighted by molar-refractivity contribution is -0.121. The van der Waals surface area contributed by atoms with E-state index in [0.29, 0.717) is 0 Å². The first-order chi connectivity index (χ1) is 3.30. The maximum absolute atomic E-state index is 10.4. The van der Waals surface area contributed by atoms with Crippen molar-refractivity contribution in [3.63, 3.8) is 0 Å². The van der Waals surface area contributed by atoms with Gasteiger partial charge in [-0.2, -0.15) is 0 Å². The average molecular weight is 97.1 g/mol. The number of nitrogens with one attached hydrogen (secondary N) is 1. The molecule has 1 heterocycles. The molecule has 1 aliphatic heterocycles. The van der Waals surface area contributed by atoms with Crippen LogP contribution >= 0.6 is 0 Å². The molecule has 1 atom stereocenters. The molecular weight excluding hydrogens is 90.1 g/mol. The Balaban J connectivity index is 2.62. The van der Waals surface area contributed by atoms with E-state index >= 15 is 0 Å². The SMILES string of the molecule is CC1C=CNC1=O. The Morgan fingerprint density at radius 1 is 1.86 bits per heavy atom. The quantitative estimate of drug-likeness (QED) is 0.461. The molecular formula is C5H7NO. The number of hydrogen-bond donors (Lipinski definition) is 1. The number of rotatable bonds is 0. The molecule has 1 amide bonds. The second-order valence-corrected chi connectivity index (χ2v) is 1.66. The third-order valence-corrected chi connectivity index (χ3v) is 1.02. The molecule has 2 heteroatoms. The van der Waals surface area contributed by atoms with Gasteiger partial charge in [-0.15, -0.1) is 0 Å². The third-order valence-electron chi connectivity index (χ3n) is 1.02. The Bertz CT molecular complexity index is 117. The Labute approximate surface area is 42.2 Å². The van der Waals surface area contributed by atoms with Crippen LogP contribution in [0.4, 0.5) is 0 Å². The van der Waals surface area contributed by atoms with Crippen molar-refractivity contribution in [1.82, 2.24) is 5.32 Å². The Kier molecular flexibility index (Phi) is 0.855. The summed E-state index contributed by atoms with van der Waals surface area (Å²) in [7, 11) is 0. The average Bonchev–Trinajstić information content (AvgIpc) is 1.91. The summed E-state index contributed by atoms with van der Waals surface area (Å²) in [5, 5.41) is 2.55. The van der Waals surface area contributed by atoms with Crippen LogP contribution in [0.2, 0.25) is 0 Å². The smallest absolute Gasteiger partial charge is 0.230 e. The lowest BCUT2D eigenvalue weighted by Gasteiger charge is -1.90. The fraction of sp³-hybridized carbons (Fsp3) is 0.400. The van der Waals surface area contributed by atoms with Crippen molar-refractivity contribution < 1.29 is 4.79 Å². The van der Waals surface area contributed by atoms with Crippen LogP contribution in [0, 0.1) is 5.92 Å². The van der Waals surface area contributed by atoms with Crippen LogP contribution in [0.15, 0.2) is 12.3 Å². The summed E-state index contributed by atoms with van der Waals surface area (Å²) >= 11 is 0. The van der Waals surface area contributed by atoms with Gasteiger partial charge in [-0.05, 0) is 0 Å². The maximum atomic E-state index is 10.4. The minimum Gasteiger partial charge on any atom is -0.332 e. The maximum Gasteiger partial charge on any atom is 0.230 e. The lowest BCUT2D eigenvalue weighted by atomic mass is 10.2. The van der Waals surface area contributed by atoms with Gasteiger partial charge in [0.25, 0.3) is 0 Å². The summed E-state index contributed by atoms with van der Waals surface area (Å²) in [6, 6.07) is 0. The topological polar surface area (TPSA) is 29.1 Å². The minimum atomic E-state index is 0.0833. The van der Waals surface area contributed by atoms with Crippen molar-refractivity contribution in [3.05, 3.63) is 12.3 Å². The van der Waals surface area contributed by atoms with Gasteiger partial charge in [0.15, 0.2) is 0 Å². The van der Waals surface area contributed by atoms with Gasteiger partial charge in [-0.3, -0.25) is 4.79 Å². The van der Waals surface area contributed by atoms with Crippen molar-refractivity contribution in [2.45, 2.75) is 6.92 Å². The van der Waals surface area contributed by atoms with Crippen molar-refractivity contribution in [1.29, 1.82) is 0 Å². The van der Waals surface area contributed by atoms with E-state index in [4.69, 9.17) is 0 Å². The lowest BCUT2D eigenvalue weighted by Crippen LogP contribution is -2.15. The number of amides is 1. The van der Waals surface area contributed by atoms with Gasteiger partial charge in [0, 0.05) is 6.20 Å². The molecule has 0 bridgehead atoms. The Hall–Kier alpha value is -0.790. The molecule has 0 aromatic heterocycles. The van der Waals surface area contributed by atoms with Crippen LogP contribution in [0.5, 0.6) is 0 Å². The molecule has 1 unspecified atom stereocenters. The van der Waals surface area contributed by atoms with Crippen molar-refractivity contribution in [3.8, 4) is 0 Å². The summed E-state index contributed by atoms with van der Waals surface area (Å²) in [5.41, 5.74) is 0. The molecule has 1 aliphatic rings. The molecule has 1 rings (SSSR count). The van der Waals surface area contributed by atoms with E-state index in [1.54, 1.807) is 6.20 Å². The van der Waals surface area contributed by atoms with E-state index < -0.39 is 0 Å². The van der Waals surface area contributed by atoms with Gasteiger partial charge in [0.1, 0.15) is 0 Å². The van der Waals surface area contributed by atoms with Crippen LogP contribution in [-0.2, 0) is 4.79 Å². The molecule has 1 N–H and O–H groups in total. The van der Waals surface area contributed by atoms with E-state index in [2.05, 4.69) is 5.32 Å². The first-order valence-corrected chi connectivity index (χ1v) is 2.28. The van der Waals surface area contributed by atoms with Gasteiger partial charge in [-0.25, -0.2) is 0 Å². The van der Waals surface area contributed by atoms with Gasteiger partial charge in [-0.1, -0.05) is 13.0 Å². The number of carbonyl (C=O) groups excluding carboxylic acids is 1. The molecule has 0 saturated carbocycles. The highest BCUT2D eigenvalue weighted by Crippen LogP contribution is 2.00. The van der Waals surface area contributed by atoms with Crippen LogP contribution < -0.4 is 5.32 Å². The van der Waals surface area contributed by atoms with Crippen LogP contribution in [0.3, 0.4) is 0 Å². The second-order valence-electron chi connectivity index (χ2n) is 1.66. The standard InChI is InChI=1S/C5H7NO/c1-4-2-3-6-5(4)7/h2-4H,1H3,(H,6,7). The van der Waals surface area contributed by atoms with Crippen LogP contribution in [0.1, 0.15) is 6.92 Å². The third kappa shape index (κ3) is 0.633. The van der Waals surface area contributed by atoms with Crippen LogP contribution in [-0.4, -0.2) is 5.91 Å². The highest BCUT2D eigenvalue weighted by atomic mass is 16.1. The van der Waals surface area contributed by atoms with Crippen molar-refractivity contribution in [2.75, 3.05) is 0 Å². The van der Waals surface area contributed by atoms with Gasteiger partial charge in [0.2, 0.25) is 5.91 Å². The Morgan fingerprint density at radius 3 is 2.71 bits per heavy atom. The largest absolute Gasteiger partial charge is 0.332 e. The Morgan fingerprint density at radius 2 is 2.57 bits per heavy atom. The molecule has 0 radical (unpaired) electrons. The van der Waals surface area contributed by atoms with E-state index in [9.17, 15) is 4.79 Å². The first-order valence-electron chi connectivity index (χ1n) is 2.28. The molecule has 0 saturated heterocycles. The summed E-state index contributed by atoms with van der Waals surface area (Å²) in [5.74, 6) is 0.181. The number of carbonyl (C=O) groups is 1. The molecule has 0 aromatic carbocycles. The van der Waals surface area contributed by atoms with Gasteiger partial charge in [0.05, 0.1) is 5.92 Å². The zero-order chi connectivity index (χ0) is 5.28. The molecule has 0 fully saturated rings. The zero-order valence-electron chi connectivity index (χ0n) is 4.14. The van der Waals surface area contributed by atoms with Gasteiger partial charge < -0.3 is 5.32 Å². The van der Waals surface area contributed by atoms with Crippen molar-refractivity contribution >= 4 is 5.91 Å². The first kappa shape index (κ1) is 4.37. The summed E-state index contributed by atoms with van der Waals surface area (Å²) < 4.78 is 0. The molecule has 0 aromatic rings. The fourth-order valence-electron chi connectivity index (χ4n) is 0.493. The zero-order valence-corrected chi connectivity index (χ0v) is 4.14. The monoisotopic (exact) mass is 97.1 g/mol. The van der Waals surface area contributed by atoms with Gasteiger partial charge >= 0.3 is 0 Å².